The maximum atomic E-state index is 10.9. The van der Waals surface area contributed by atoms with Crippen LogP contribution in [0.2, 0.25) is 0 Å². The molecule has 134 valence electrons. The molecule has 1 aromatic heterocycles. The molecule has 3 rings (SSSR count). The smallest absolute Gasteiger partial charge is 0.303 e. The number of aromatic nitrogens is 2. The molecule has 0 saturated carbocycles. The Morgan fingerprint density at radius 1 is 1.32 bits per heavy atom. The van der Waals surface area contributed by atoms with Gasteiger partial charge in [0.2, 0.25) is 5.95 Å². The highest BCUT2D eigenvalue weighted by atomic mass is 16.6. The molecular weight excluding hydrogens is 326 g/mol. The number of hydrogen-bond acceptors (Lipinski definition) is 6. The number of aromatic amines is 1. The molecule has 2 heterocycles. The largest absolute Gasteiger partial charge is 0.481 e. The van der Waals surface area contributed by atoms with Crippen LogP contribution in [-0.2, 0) is 4.79 Å². The summed E-state index contributed by atoms with van der Waals surface area (Å²) in [6.07, 6.45) is 1.82. The summed E-state index contributed by atoms with van der Waals surface area (Å²) >= 11 is 0. The lowest BCUT2D eigenvalue weighted by Crippen LogP contribution is -2.32. The van der Waals surface area contributed by atoms with Gasteiger partial charge in [0.1, 0.15) is 0 Å². The second-order valence-electron chi connectivity index (χ2n) is 6.20. The first-order chi connectivity index (χ1) is 12.0. The number of imidazole rings is 1. The standard InChI is InChI=1S/C16H21N5O4/c22-15(23)3-1-6-19-7-2-8-20(10-9-19)16-17-13-5-4-12(21(24)25)11-14(13)18-16/h4-5,11H,1-3,6-10H2,(H,17,18)(H,22,23). The number of non-ortho nitro benzene ring substituents is 1. The molecule has 0 atom stereocenters. The molecule has 0 spiro atoms. The minimum atomic E-state index is -0.757. The third-order valence-electron chi connectivity index (χ3n) is 4.42. The second kappa shape index (κ2) is 7.47. The Balaban J connectivity index is 1.65. The van der Waals surface area contributed by atoms with Gasteiger partial charge in [-0.15, -0.1) is 0 Å². The van der Waals surface area contributed by atoms with Crippen LogP contribution in [0.5, 0.6) is 0 Å². The van der Waals surface area contributed by atoms with E-state index in [1.54, 1.807) is 6.07 Å². The van der Waals surface area contributed by atoms with E-state index in [-0.39, 0.29) is 12.1 Å². The van der Waals surface area contributed by atoms with Crippen LogP contribution in [-0.4, -0.2) is 63.6 Å². The number of H-pyrrole nitrogens is 1. The van der Waals surface area contributed by atoms with Gasteiger partial charge in [0, 0.05) is 38.2 Å². The monoisotopic (exact) mass is 347 g/mol. The van der Waals surface area contributed by atoms with Crippen molar-refractivity contribution < 1.29 is 14.8 Å². The van der Waals surface area contributed by atoms with Gasteiger partial charge in [-0.2, -0.15) is 0 Å². The van der Waals surface area contributed by atoms with Gasteiger partial charge in [-0.05, 0) is 32.0 Å². The molecule has 1 aromatic carbocycles. The summed E-state index contributed by atoms with van der Waals surface area (Å²) in [5.41, 5.74) is 1.41. The van der Waals surface area contributed by atoms with Crippen LogP contribution in [0.3, 0.4) is 0 Å². The summed E-state index contributed by atoms with van der Waals surface area (Å²) in [5, 5.41) is 19.6. The van der Waals surface area contributed by atoms with Crippen molar-refractivity contribution in [1.82, 2.24) is 14.9 Å². The Morgan fingerprint density at radius 3 is 2.92 bits per heavy atom. The fourth-order valence-corrected chi connectivity index (χ4v) is 3.11. The van der Waals surface area contributed by atoms with Crippen LogP contribution in [0.1, 0.15) is 19.3 Å². The number of carboxylic acid groups (broad SMARTS) is 1. The van der Waals surface area contributed by atoms with Crippen LogP contribution >= 0.6 is 0 Å². The topological polar surface area (TPSA) is 116 Å². The molecule has 1 saturated heterocycles. The number of carboxylic acids is 1. The van der Waals surface area contributed by atoms with Crippen LogP contribution in [0.15, 0.2) is 18.2 Å². The zero-order valence-corrected chi connectivity index (χ0v) is 13.8. The molecule has 2 aromatic rings. The van der Waals surface area contributed by atoms with Gasteiger partial charge >= 0.3 is 5.97 Å². The number of rotatable bonds is 6. The second-order valence-corrected chi connectivity index (χ2v) is 6.20. The van der Waals surface area contributed by atoms with Gasteiger partial charge in [-0.1, -0.05) is 0 Å². The molecule has 25 heavy (non-hydrogen) atoms. The van der Waals surface area contributed by atoms with Gasteiger partial charge in [0.15, 0.2) is 0 Å². The predicted molar refractivity (Wildman–Crippen MR) is 92.9 cm³/mol. The van der Waals surface area contributed by atoms with E-state index in [2.05, 4.69) is 19.8 Å². The molecule has 0 bridgehead atoms. The molecule has 1 aliphatic rings. The fourth-order valence-electron chi connectivity index (χ4n) is 3.11. The number of fused-ring (bicyclic) bond motifs is 1. The van der Waals surface area contributed by atoms with E-state index in [1.807, 2.05) is 0 Å². The van der Waals surface area contributed by atoms with E-state index in [4.69, 9.17) is 5.11 Å². The highest BCUT2D eigenvalue weighted by Crippen LogP contribution is 2.23. The van der Waals surface area contributed by atoms with E-state index in [1.165, 1.54) is 12.1 Å². The molecule has 0 radical (unpaired) electrons. The maximum absolute atomic E-state index is 10.9. The number of nitrogens with zero attached hydrogens (tertiary/aromatic N) is 4. The highest BCUT2D eigenvalue weighted by Gasteiger charge is 2.18. The molecule has 0 unspecified atom stereocenters. The first-order valence-electron chi connectivity index (χ1n) is 8.36. The van der Waals surface area contributed by atoms with Crippen molar-refractivity contribution in [1.29, 1.82) is 0 Å². The van der Waals surface area contributed by atoms with E-state index < -0.39 is 10.9 Å². The SMILES string of the molecule is O=C(O)CCCN1CCCN(c2nc3ccc([N+](=O)[O-])cc3[nH]2)CC1. The summed E-state index contributed by atoms with van der Waals surface area (Å²) in [6.45, 7) is 4.19. The summed E-state index contributed by atoms with van der Waals surface area (Å²) in [7, 11) is 0. The van der Waals surface area contributed by atoms with Crippen molar-refractivity contribution in [3.05, 3.63) is 28.3 Å². The van der Waals surface area contributed by atoms with E-state index in [0.717, 1.165) is 45.1 Å². The lowest BCUT2D eigenvalue weighted by Gasteiger charge is -2.21. The van der Waals surface area contributed by atoms with Crippen molar-refractivity contribution in [2.24, 2.45) is 0 Å². The molecule has 1 aliphatic heterocycles. The highest BCUT2D eigenvalue weighted by molar-refractivity contribution is 5.80. The quantitative estimate of drug-likeness (QED) is 0.605. The maximum Gasteiger partial charge on any atom is 0.303 e. The molecule has 9 heteroatoms. The number of carbonyl (C=O) groups is 1. The van der Waals surface area contributed by atoms with Crippen molar-refractivity contribution in [2.75, 3.05) is 37.6 Å². The lowest BCUT2D eigenvalue weighted by molar-refractivity contribution is -0.384. The summed E-state index contributed by atoms with van der Waals surface area (Å²) in [5.74, 6) is -0.0318. The third-order valence-corrected chi connectivity index (χ3v) is 4.42. The minimum Gasteiger partial charge on any atom is -0.481 e. The van der Waals surface area contributed by atoms with Crippen molar-refractivity contribution in [3.63, 3.8) is 0 Å². The van der Waals surface area contributed by atoms with Gasteiger partial charge in [0.05, 0.1) is 16.0 Å². The van der Waals surface area contributed by atoms with E-state index in [9.17, 15) is 14.9 Å². The van der Waals surface area contributed by atoms with Crippen LogP contribution in [0, 0.1) is 10.1 Å². The van der Waals surface area contributed by atoms with Crippen molar-refractivity contribution >= 4 is 28.6 Å². The molecule has 1 fully saturated rings. The van der Waals surface area contributed by atoms with Crippen molar-refractivity contribution in [3.8, 4) is 0 Å². The normalized spacial score (nSPS) is 16.1. The summed E-state index contributed by atoms with van der Waals surface area (Å²) in [4.78, 5) is 33.2. The molecule has 0 amide bonds. The van der Waals surface area contributed by atoms with E-state index in [0.29, 0.717) is 17.5 Å². The van der Waals surface area contributed by atoms with Crippen molar-refractivity contribution in [2.45, 2.75) is 19.3 Å². The zero-order valence-electron chi connectivity index (χ0n) is 13.8. The molecule has 9 nitrogen and oxygen atoms in total. The van der Waals surface area contributed by atoms with Gasteiger partial charge in [-0.25, -0.2) is 4.98 Å². The number of nitro benzene ring substituents is 1. The van der Waals surface area contributed by atoms with E-state index >= 15 is 0 Å². The van der Waals surface area contributed by atoms with Gasteiger partial charge < -0.3 is 19.9 Å². The molecular formula is C16H21N5O4. The Labute approximate surface area is 144 Å². The zero-order chi connectivity index (χ0) is 17.8. The Kier molecular flexibility index (Phi) is 5.13. The minimum absolute atomic E-state index is 0.0446. The average molecular weight is 347 g/mol. The number of benzene rings is 1. The molecule has 2 N–H and O–H groups in total. The lowest BCUT2D eigenvalue weighted by atomic mass is 10.3. The number of aliphatic carboxylic acids is 1. The Hall–Kier alpha value is -2.68. The van der Waals surface area contributed by atoms with Gasteiger partial charge in [0.25, 0.3) is 5.69 Å². The van der Waals surface area contributed by atoms with Crippen LogP contribution < -0.4 is 4.90 Å². The number of nitrogens with one attached hydrogen (secondary N) is 1. The predicted octanol–water partition coefficient (Wildman–Crippen LogP) is 1.85. The first-order valence-corrected chi connectivity index (χ1v) is 8.36. The van der Waals surface area contributed by atoms with Crippen LogP contribution in [0.4, 0.5) is 11.6 Å². The third kappa shape index (κ3) is 4.24. The Bertz CT molecular complexity index is 775. The van der Waals surface area contributed by atoms with Crippen LogP contribution in [0.25, 0.3) is 11.0 Å². The number of hydrogen-bond donors (Lipinski definition) is 2. The fraction of sp³-hybridized carbons (Fsp3) is 0.500. The first kappa shape index (κ1) is 17.2. The Morgan fingerprint density at radius 2 is 2.16 bits per heavy atom. The summed E-state index contributed by atoms with van der Waals surface area (Å²) in [6, 6.07) is 4.62. The summed E-state index contributed by atoms with van der Waals surface area (Å²) < 4.78 is 0. The van der Waals surface area contributed by atoms with Gasteiger partial charge in [-0.3, -0.25) is 14.9 Å². The number of anilines is 1. The molecule has 0 aliphatic carbocycles. The average Bonchev–Trinajstić information content (AvgIpc) is 2.85. The number of nitro groups is 1.